The molecule has 4 nitrogen and oxygen atoms in total. The maximum absolute atomic E-state index is 11.5. The molecule has 1 saturated carbocycles. The van der Waals surface area contributed by atoms with Gasteiger partial charge in [-0.05, 0) is 24.0 Å². The SMILES string of the molecule is COCc1ccccc1C(NC1CC1)C(N)=O. The third-order valence-corrected chi connectivity index (χ3v) is 2.93. The number of nitrogens with one attached hydrogen (secondary N) is 1. The number of methoxy groups -OCH3 is 1. The molecule has 0 aromatic heterocycles. The van der Waals surface area contributed by atoms with Crippen LogP contribution in [0.2, 0.25) is 0 Å². The van der Waals surface area contributed by atoms with Gasteiger partial charge >= 0.3 is 0 Å². The molecule has 4 heteroatoms. The summed E-state index contributed by atoms with van der Waals surface area (Å²) in [5.41, 5.74) is 7.40. The van der Waals surface area contributed by atoms with Crippen molar-refractivity contribution in [3.8, 4) is 0 Å². The van der Waals surface area contributed by atoms with Gasteiger partial charge in [-0.3, -0.25) is 10.1 Å². The highest BCUT2D eigenvalue weighted by Crippen LogP contribution is 2.26. The Balaban J connectivity index is 2.23. The van der Waals surface area contributed by atoms with Crippen molar-refractivity contribution < 1.29 is 9.53 Å². The maximum atomic E-state index is 11.5. The van der Waals surface area contributed by atoms with E-state index in [1.165, 1.54) is 0 Å². The number of benzene rings is 1. The Morgan fingerprint density at radius 1 is 1.53 bits per heavy atom. The Morgan fingerprint density at radius 3 is 2.82 bits per heavy atom. The molecule has 1 amide bonds. The van der Waals surface area contributed by atoms with Crippen molar-refractivity contribution in [3.63, 3.8) is 0 Å². The van der Waals surface area contributed by atoms with E-state index < -0.39 is 6.04 Å². The Bertz CT molecular complexity index is 402. The van der Waals surface area contributed by atoms with Gasteiger partial charge in [0.1, 0.15) is 6.04 Å². The average molecular weight is 234 g/mol. The van der Waals surface area contributed by atoms with Gasteiger partial charge in [0.25, 0.3) is 0 Å². The summed E-state index contributed by atoms with van der Waals surface area (Å²) >= 11 is 0. The lowest BCUT2D eigenvalue weighted by Gasteiger charge is -2.18. The lowest BCUT2D eigenvalue weighted by molar-refractivity contribution is -0.120. The van der Waals surface area contributed by atoms with Crippen LogP contribution in [0.25, 0.3) is 0 Å². The molecule has 0 spiro atoms. The van der Waals surface area contributed by atoms with E-state index in [0.717, 1.165) is 24.0 Å². The Labute approximate surface area is 101 Å². The van der Waals surface area contributed by atoms with Gasteiger partial charge in [-0.2, -0.15) is 0 Å². The normalized spacial score (nSPS) is 16.8. The van der Waals surface area contributed by atoms with Gasteiger partial charge in [0.2, 0.25) is 5.91 Å². The molecule has 0 radical (unpaired) electrons. The van der Waals surface area contributed by atoms with Crippen LogP contribution in [0.1, 0.15) is 30.0 Å². The molecule has 1 aliphatic rings. The first-order chi connectivity index (χ1) is 8.22. The van der Waals surface area contributed by atoms with Crippen LogP contribution in [-0.4, -0.2) is 19.1 Å². The molecule has 17 heavy (non-hydrogen) atoms. The van der Waals surface area contributed by atoms with Crippen LogP contribution in [0.4, 0.5) is 0 Å². The van der Waals surface area contributed by atoms with Crippen LogP contribution in [0.15, 0.2) is 24.3 Å². The zero-order chi connectivity index (χ0) is 12.3. The minimum Gasteiger partial charge on any atom is -0.380 e. The molecular formula is C13H18N2O2. The molecule has 0 saturated heterocycles. The summed E-state index contributed by atoms with van der Waals surface area (Å²) in [6.07, 6.45) is 2.24. The molecule has 1 aliphatic carbocycles. The van der Waals surface area contributed by atoms with Crippen LogP contribution in [0.3, 0.4) is 0 Å². The van der Waals surface area contributed by atoms with Crippen molar-refractivity contribution >= 4 is 5.91 Å². The molecule has 1 aromatic carbocycles. The first-order valence-corrected chi connectivity index (χ1v) is 5.84. The zero-order valence-corrected chi connectivity index (χ0v) is 9.98. The number of amides is 1. The minimum atomic E-state index is -0.408. The quantitative estimate of drug-likeness (QED) is 0.775. The lowest BCUT2D eigenvalue weighted by atomic mass is 10.00. The zero-order valence-electron chi connectivity index (χ0n) is 9.98. The van der Waals surface area contributed by atoms with Crippen molar-refractivity contribution in [2.75, 3.05) is 7.11 Å². The molecule has 0 bridgehead atoms. The highest BCUT2D eigenvalue weighted by Gasteiger charge is 2.29. The summed E-state index contributed by atoms with van der Waals surface area (Å²) in [5.74, 6) is -0.333. The summed E-state index contributed by atoms with van der Waals surface area (Å²) in [4.78, 5) is 11.5. The standard InChI is InChI=1S/C13H18N2O2/c1-17-8-9-4-2-3-5-11(9)12(13(14)16)15-10-6-7-10/h2-5,10,12,15H,6-8H2,1H3,(H2,14,16). The van der Waals surface area contributed by atoms with Gasteiger partial charge in [0.15, 0.2) is 0 Å². The van der Waals surface area contributed by atoms with Gasteiger partial charge in [0.05, 0.1) is 6.61 Å². The largest absolute Gasteiger partial charge is 0.380 e. The summed E-state index contributed by atoms with van der Waals surface area (Å²) in [5, 5.41) is 3.28. The number of ether oxygens (including phenoxy) is 1. The molecule has 3 N–H and O–H groups in total. The fourth-order valence-electron chi connectivity index (χ4n) is 1.91. The van der Waals surface area contributed by atoms with E-state index in [2.05, 4.69) is 5.32 Å². The molecule has 2 rings (SSSR count). The number of carbonyl (C=O) groups excluding carboxylic acids is 1. The number of nitrogens with two attached hydrogens (primary N) is 1. The first-order valence-electron chi connectivity index (χ1n) is 5.84. The molecule has 1 atom stereocenters. The Morgan fingerprint density at radius 2 is 2.24 bits per heavy atom. The molecular weight excluding hydrogens is 216 g/mol. The van der Waals surface area contributed by atoms with Crippen LogP contribution in [0.5, 0.6) is 0 Å². The topological polar surface area (TPSA) is 64.3 Å². The second-order valence-electron chi connectivity index (χ2n) is 4.41. The summed E-state index contributed by atoms with van der Waals surface area (Å²) in [7, 11) is 1.64. The van der Waals surface area contributed by atoms with Crippen molar-refractivity contribution in [1.82, 2.24) is 5.32 Å². The van der Waals surface area contributed by atoms with Crippen molar-refractivity contribution in [2.24, 2.45) is 5.73 Å². The molecule has 1 unspecified atom stereocenters. The molecule has 0 heterocycles. The van der Waals surface area contributed by atoms with E-state index in [0.29, 0.717) is 12.6 Å². The van der Waals surface area contributed by atoms with Crippen LogP contribution in [-0.2, 0) is 16.1 Å². The average Bonchev–Trinajstić information content (AvgIpc) is 3.11. The fourth-order valence-corrected chi connectivity index (χ4v) is 1.91. The minimum absolute atomic E-state index is 0.333. The number of carbonyl (C=O) groups is 1. The van der Waals surface area contributed by atoms with Gasteiger partial charge in [0, 0.05) is 13.2 Å². The van der Waals surface area contributed by atoms with Crippen molar-refractivity contribution in [1.29, 1.82) is 0 Å². The van der Waals surface area contributed by atoms with E-state index in [-0.39, 0.29) is 5.91 Å². The van der Waals surface area contributed by atoms with Crippen molar-refractivity contribution in [2.45, 2.75) is 31.5 Å². The predicted octanol–water partition coefficient (Wildman–Crippen LogP) is 1.11. The van der Waals surface area contributed by atoms with Gasteiger partial charge in [-0.15, -0.1) is 0 Å². The Kier molecular flexibility index (Phi) is 3.76. The third kappa shape index (κ3) is 3.05. The lowest BCUT2D eigenvalue weighted by Crippen LogP contribution is -2.35. The van der Waals surface area contributed by atoms with Crippen LogP contribution in [0, 0.1) is 0 Å². The van der Waals surface area contributed by atoms with E-state index in [1.807, 2.05) is 24.3 Å². The van der Waals surface area contributed by atoms with Gasteiger partial charge < -0.3 is 10.5 Å². The summed E-state index contributed by atoms with van der Waals surface area (Å²) in [6, 6.07) is 7.77. The van der Waals surface area contributed by atoms with E-state index in [1.54, 1.807) is 7.11 Å². The third-order valence-electron chi connectivity index (χ3n) is 2.93. The van der Waals surface area contributed by atoms with E-state index >= 15 is 0 Å². The number of primary amides is 1. The summed E-state index contributed by atoms with van der Waals surface area (Å²) < 4.78 is 5.14. The highest BCUT2D eigenvalue weighted by atomic mass is 16.5. The van der Waals surface area contributed by atoms with Crippen LogP contribution >= 0.6 is 0 Å². The molecule has 92 valence electrons. The number of rotatable bonds is 6. The smallest absolute Gasteiger partial charge is 0.239 e. The van der Waals surface area contributed by atoms with E-state index in [4.69, 9.17) is 10.5 Å². The number of hydrogen-bond acceptors (Lipinski definition) is 3. The molecule has 0 aliphatic heterocycles. The maximum Gasteiger partial charge on any atom is 0.239 e. The molecule has 1 fully saturated rings. The van der Waals surface area contributed by atoms with E-state index in [9.17, 15) is 4.79 Å². The van der Waals surface area contributed by atoms with Crippen LogP contribution < -0.4 is 11.1 Å². The summed E-state index contributed by atoms with van der Waals surface area (Å²) in [6.45, 7) is 0.492. The predicted molar refractivity (Wildman–Crippen MR) is 65.2 cm³/mol. The fraction of sp³-hybridized carbons (Fsp3) is 0.462. The second kappa shape index (κ2) is 5.29. The number of hydrogen-bond donors (Lipinski definition) is 2. The highest BCUT2D eigenvalue weighted by molar-refractivity contribution is 5.82. The molecule has 1 aromatic rings. The Hall–Kier alpha value is -1.39. The second-order valence-corrected chi connectivity index (χ2v) is 4.41. The monoisotopic (exact) mass is 234 g/mol. The first kappa shape index (κ1) is 12.1. The van der Waals surface area contributed by atoms with Crippen molar-refractivity contribution in [3.05, 3.63) is 35.4 Å². The van der Waals surface area contributed by atoms with Gasteiger partial charge in [-0.25, -0.2) is 0 Å². The van der Waals surface area contributed by atoms with Gasteiger partial charge in [-0.1, -0.05) is 24.3 Å².